The summed E-state index contributed by atoms with van der Waals surface area (Å²) in [7, 11) is 0. The summed E-state index contributed by atoms with van der Waals surface area (Å²) < 4.78 is 5.39. The zero-order chi connectivity index (χ0) is 24.2. The maximum atomic E-state index is 12.4. The fourth-order valence-corrected chi connectivity index (χ4v) is 4.41. The lowest BCUT2D eigenvalue weighted by Crippen LogP contribution is -2.39. The van der Waals surface area contributed by atoms with Gasteiger partial charge in [-0.25, -0.2) is 14.8 Å². The van der Waals surface area contributed by atoms with Gasteiger partial charge in [-0.2, -0.15) is 0 Å². The first kappa shape index (κ1) is 22.7. The molecule has 1 unspecified atom stereocenters. The van der Waals surface area contributed by atoms with Gasteiger partial charge in [0.05, 0.1) is 17.3 Å². The third kappa shape index (κ3) is 5.35. The Kier molecular flexibility index (Phi) is 6.48. The average Bonchev–Trinajstić information content (AvgIpc) is 3.24. The van der Waals surface area contributed by atoms with Gasteiger partial charge in [-0.15, -0.1) is 0 Å². The SMILES string of the molecule is Cc1ccc2c(c1)N=C(c1ccccc1O)N=C(N1CCC(NC(=O)OCc3ccccc3)C1)C2. The highest BCUT2D eigenvalue weighted by Gasteiger charge is 2.28. The second kappa shape index (κ2) is 10.0. The second-order valence-electron chi connectivity index (χ2n) is 8.93. The fraction of sp³-hybridized carbons (Fsp3) is 0.250. The van der Waals surface area contributed by atoms with Crippen LogP contribution >= 0.6 is 0 Å². The van der Waals surface area contributed by atoms with Crippen molar-refractivity contribution in [3.8, 4) is 5.75 Å². The van der Waals surface area contributed by atoms with Crippen LogP contribution in [0, 0.1) is 6.92 Å². The lowest BCUT2D eigenvalue weighted by atomic mass is 10.1. The molecule has 35 heavy (non-hydrogen) atoms. The number of nitrogens with one attached hydrogen (secondary N) is 1. The molecule has 3 aromatic carbocycles. The number of carbonyl (C=O) groups excluding carboxylic acids is 1. The molecule has 0 aliphatic carbocycles. The van der Waals surface area contributed by atoms with E-state index in [9.17, 15) is 9.90 Å². The molecule has 178 valence electrons. The maximum absolute atomic E-state index is 12.4. The van der Waals surface area contributed by atoms with Crippen LogP contribution in [0.5, 0.6) is 5.75 Å². The molecule has 1 atom stereocenters. The predicted molar refractivity (Wildman–Crippen MR) is 136 cm³/mol. The monoisotopic (exact) mass is 468 g/mol. The van der Waals surface area contributed by atoms with Crippen LogP contribution in [0.1, 0.15) is 28.7 Å². The molecule has 2 aliphatic rings. The first-order chi connectivity index (χ1) is 17.0. The first-order valence-corrected chi connectivity index (χ1v) is 11.8. The van der Waals surface area contributed by atoms with E-state index in [-0.39, 0.29) is 18.4 Å². The Morgan fingerprint density at radius 2 is 1.89 bits per heavy atom. The first-order valence-electron chi connectivity index (χ1n) is 11.8. The number of rotatable bonds is 4. The maximum Gasteiger partial charge on any atom is 0.407 e. The van der Waals surface area contributed by atoms with E-state index in [4.69, 9.17) is 14.7 Å². The molecule has 7 nitrogen and oxygen atoms in total. The highest BCUT2D eigenvalue weighted by molar-refractivity contribution is 6.10. The third-order valence-corrected chi connectivity index (χ3v) is 6.28. The number of amides is 1. The summed E-state index contributed by atoms with van der Waals surface area (Å²) in [5.74, 6) is 1.50. The number of para-hydroxylation sites is 1. The van der Waals surface area contributed by atoms with Crippen molar-refractivity contribution >= 4 is 23.5 Å². The van der Waals surface area contributed by atoms with Gasteiger partial charge in [0.25, 0.3) is 0 Å². The van der Waals surface area contributed by atoms with Crippen LogP contribution in [0.25, 0.3) is 0 Å². The van der Waals surface area contributed by atoms with Gasteiger partial charge in [0.1, 0.15) is 18.2 Å². The summed E-state index contributed by atoms with van der Waals surface area (Å²) in [4.78, 5) is 24.3. The molecule has 0 spiro atoms. The number of aryl methyl sites for hydroxylation is 1. The standard InChI is InChI=1S/C28H28N4O3/c1-19-11-12-21-16-26(31-27(30-24(21)15-19)23-9-5-6-10-25(23)33)32-14-13-22(17-32)29-28(34)35-18-20-7-3-2-4-8-20/h2-12,15,22,33H,13-14,16-18H2,1H3,(H,29,34). The Bertz CT molecular complexity index is 1290. The van der Waals surface area contributed by atoms with Gasteiger partial charge in [-0.1, -0.05) is 54.6 Å². The molecule has 0 saturated carbocycles. The van der Waals surface area contributed by atoms with Crippen LogP contribution in [-0.4, -0.2) is 46.9 Å². The van der Waals surface area contributed by atoms with Crippen LogP contribution in [0.2, 0.25) is 0 Å². The van der Waals surface area contributed by atoms with E-state index in [1.807, 2.05) is 55.5 Å². The van der Waals surface area contributed by atoms with E-state index in [1.165, 1.54) is 0 Å². The molecule has 0 bridgehead atoms. The van der Waals surface area contributed by atoms with Crippen molar-refractivity contribution in [1.82, 2.24) is 10.2 Å². The molecule has 7 heteroatoms. The Hall–Kier alpha value is -4.13. The lowest BCUT2D eigenvalue weighted by molar-refractivity contribution is 0.136. The number of aromatic hydroxyl groups is 1. The molecule has 2 N–H and O–H groups in total. The van der Waals surface area contributed by atoms with E-state index in [0.717, 1.165) is 41.2 Å². The molecule has 2 heterocycles. The summed E-state index contributed by atoms with van der Waals surface area (Å²) in [5.41, 5.74) is 4.61. The van der Waals surface area contributed by atoms with Crippen molar-refractivity contribution < 1.29 is 14.6 Å². The molecule has 0 radical (unpaired) electrons. The molecule has 1 amide bonds. The number of benzene rings is 3. The summed E-state index contributed by atoms with van der Waals surface area (Å²) in [6, 6.07) is 22.9. The topological polar surface area (TPSA) is 86.5 Å². The van der Waals surface area contributed by atoms with Gasteiger partial charge in [0, 0.05) is 19.5 Å². The van der Waals surface area contributed by atoms with Gasteiger partial charge < -0.3 is 20.1 Å². The minimum absolute atomic E-state index is 0.0350. The zero-order valence-electron chi connectivity index (χ0n) is 19.6. The Morgan fingerprint density at radius 1 is 1.09 bits per heavy atom. The van der Waals surface area contributed by atoms with Crippen molar-refractivity contribution in [3.05, 3.63) is 95.1 Å². The van der Waals surface area contributed by atoms with E-state index in [0.29, 0.717) is 24.4 Å². The normalized spacial score (nSPS) is 17.2. The number of hydrogen-bond acceptors (Lipinski definition) is 6. The largest absolute Gasteiger partial charge is 0.507 e. The quantitative estimate of drug-likeness (QED) is 0.579. The number of fused-ring (bicyclic) bond motifs is 1. The number of alkyl carbamates (subject to hydrolysis) is 1. The molecule has 1 fully saturated rings. The molecular weight excluding hydrogens is 440 g/mol. The van der Waals surface area contributed by atoms with Crippen molar-refractivity contribution in [2.45, 2.75) is 32.4 Å². The van der Waals surface area contributed by atoms with Gasteiger partial charge in [-0.05, 0) is 48.2 Å². The van der Waals surface area contributed by atoms with Gasteiger partial charge in [0.15, 0.2) is 5.84 Å². The Balaban J connectivity index is 1.31. The number of hydrogen-bond donors (Lipinski definition) is 2. The van der Waals surface area contributed by atoms with E-state index < -0.39 is 6.09 Å². The minimum atomic E-state index is -0.416. The van der Waals surface area contributed by atoms with Crippen molar-refractivity contribution in [3.63, 3.8) is 0 Å². The minimum Gasteiger partial charge on any atom is -0.507 e. The van der Waals surface area contributed by atoms with Crippen LogP contribution < -0.4 is 5.32 Å². The molecular formula is C28H28N4O3. The van der Waals surface area contributed by atoms with Crippen molar-refractivity contribution in [2.24, 2.45) is 9.98 Å². The molecule has 2 aliphatic heterocycles. The van der Waals surface area contributed by atoms with Crippen LogP contribution in [0.15, 0.2) is 82.8 Å². The number of carbonyl (C=O) groups is 1. The Morgan fingerprint density at radius 3 is 2.71 bits per heavy atom. The van der Waals surface area contributed by atoms with E-state index in [1.54, 1.807) is 12.1 Å². The molecule has 3 aromatic rings. The molecule has 5 rings (SSSR count). The molecule has 0 aromatic heterocycles. The number of ether oxygens (including phenoxy) is 1. The van der Waals surface area contributed by atoms with E-state index in [2.05, 4.69) is 22.3 Å². The number of aliphatic imine (C=N–C) groups is 2. The number of nitrogens with zero attached hydrogens (tertiary/aromatic N) is 3. The van der Waals surface area contributed by atoms with Crippen molar-refractivity contribution in [1.29, 1.82) is 0 Å². The average molecular weight is 469 g/mol. The summed E-state index contributed by atoms with van der Waals surface area (Å²) in [6.07, 6.45) is 1.01. The van der Waals surface area contributed by atoms with Crippen LogP contribution in [0.4, 0.5) is 10.5 Å². The summed E-state index contributed by atoms with van der Waals surface area (Å²) in [5, 5.41) is 13.4. The van der Waals surface area contributed by atoms with Crippen molar-refractivity contribution in [2.75, 3.05) is 13.1 Å². The van der Waals surface area contributed by atoms with Crippen LogP contribution in [0.3, 0.4) is 0 Å². The highest BCUT2D eigenvalue weighted by Crippen LogP contribution is 2.29. The lowest BCUT2D eigenvalue weighted by Gasteiger charge is -2.21. The number of phenolic OH excluding ortho intramolecular Hbond substituents is 1. The second-order valence-corrected chi connectivity index (χ2v) is 8.93. The molecule has 1 saturated heterocycles. The number of likely N-dealkylation sites (tertiary alicyclic amines) is 1. The third-order valence-electron chi connectivity index (χ3n) is 6.28. The Labute approximate surface area is 204 Å². The van der Waals surface area contributed by atoms with Gasteiger partial charge in [0.2, 0.25) is 0 Å². The fourth-order valence-electron chi connectivity index (χ4n) is 4.41. The highest BCUT2D eigenvalue weighted by atomic mass is 16.5. The smallest absolute Gasteiger partial charge is 0.407 e. The van der Waals surface area contributed by atoms with E-state index >= 15 is 0 Å². The number of phenols is 1. The van der Waals surface area contributed by atoms with Crippen LogP contribution in [-0.2, 0) is 17.8 Å². The predicted octanol–water partition coefficient (Wildman–Crippen LogP) is 4.73. The van der Waals surface area contributed by atoms with Gasteiger partial charge in [-0.3, -0.25) is 0 Å². The zero-order valence-corrected chi connectivity index (χ0v) is 19.6. The van der Waals surface area contributed by atoms with Gasteiger partial charge >= 0.3 is 6.09 Å². The number of amidine groups is 2. The summed E-state index contributed by atoms with van der Waals surface area (Å²) in [6.45, 7) is 3.67. The summed E-state index contributed by atoms with van der Waals surface area (Å²) >= 11 is 0.